The Balaban J connectivity index is 1.90. The van der Waals surface area contributed by atoms with E-state index in [0.29, 0.717) is 6.42 Å². The van der Waals surface area contributed by atoms with Crippen molar-refractivity contribution in [3.05, 3.63) is 59.4 Å². The molecule has 19 heavy (non-hydrogen) atoms. The summed E-state index contributed by atoms with van der Waals surface area (Å²) in [6, 6.07) is 9.29. The SMILES string of the molecule is O=C(O)C(Cc1cn2ccsc2n1)c1ccccc1. The molecule has 0 radical (unpaired) electrons. The average molecular weight is 272 g/mol. The normalized spacial score (nSPS) is 12.6. The third-order valence-electron chi connectivity index (χ3n) is 3.06. The van der Waals surface area contributed by atoms with Crippen molar-refractivity contribution in [2.45, 2.75) is 12.3 Å². The minimum Gasteiger partial charge on any atom is -0.481 e. The van der Waals surface area contributed by atoms with Crippen LogP contribution < -0.4 is 0 Å². The second-order valence-corrected chi connectivity index (χ2v) is 5.20. The number of fused-ring (bicyclic) bond motifs is 1. The van der Waals surface area contributed by atoms with Crippen molar-refractivity contribution in [2.75, 3.05) is 0 Å². The smallest absolute Gasteiger partial charge is 0.311 e. The summed E-state index contributed by atoms with van der Waals surface area (Å²) in [7, 11) is 0. The first-order valence-electron chi connectivity index (χ1n) is 5.93. The van der Waals surface area contributed by atoms with Gasteiger partial charge in [-0.2, -0.15) is 0 Å². The monoisotopic (exact) mass is 272 g/mol. The molecule has 2 aromatic heterocycles. The van der Waals surface area contributed by atoms with Crippen LogP contribution in [0.5, 0.6) is 0 Å². The third kappa shape index (κ3) is 2.37. The van der Waals surface area contributed by atoms with Crippen LogP contribution in [-0.2, 0) is 11.2 Å². The van der Waals surface area contributed by atoms with Crippen LogP contribution in [0.3, 0.4) is 0 Å². The predicted octanol–water partition coefficient (Wildman–Crippen LogP) is 2.81. The second-order valence-electron chi connectivity index (χ2n) is 4.33. The number of carboxylic acids is 1. The lowest BCUT2D eigenvalue weighted by molar-refractivity contribution is -0.138. The van der Waals surface area contributed by atoms with Gasteiger partial charge >= 0.3 is 5.97 Å². The Kier molecular flexibility index (Phi) is 3.05. The van der Waals surface area contributed by atoms with Gasteiger partial charge in [0.15, 0.2) is 4.96 Å². The molecule has 0 saturated heterocycles. The Bertz CT molecular complexity index is 674. The van der Waals surface area contributed by atoms with Crippen molar-refractivity contribution in [3.63, 3.8) is 0 Å². The standard InChI is InChI=1S/C14H12N2O2S/c17-13(18)12(10-4-2-1-3-5-10)8-11-9-16-6-7-19-14(16)15-11/h1-7,9,12H,8H2,(H,17,18). The van der Waals surface area contributed by atoms with Crippen LogP contribution in [0.25, 0.3) is 4.96 Å². The minimum atomic E-state index is -0.817. The van der Waals surface area contributed by atoms with Crippen LogP contribution in [0, 0.1) is 0 Å². The molecule has 0 bridgehead atoms. The molecule has 0 saturated carbocycles. The number of benzene rings is 1. The molecule has 3 rings (SSSR count). The average Bonchev–Trinajstić information content (AvgIpc) is 2.97. The highest BCUT2D eigenvalue weighted by molar-refractivity contribution is 7.15. The Hall–Kier alpha value is -2.14. The summed E-state index contributed by atoms with van der Waals surface area (Å²) in [5.41, 5.74) is 1.62. The molecule has 1 N–H and O–H groups in total. The number of carboxylic acid groups (broad SMARTS) is 1. The molecule has 1 atom stereocenters. The van der Waals surface area contributed by atoms with E-state index >= 15 is 0 Å². The van der Waals surface area contributed by atoms with Gasteiger partial charge in [-0.25, -0.2) is 4.98 Å². The lowest BCUT2D eigenvalue weighted by Gasteiger charge is -2.10. The molecule has 5 heteroatoms. The van der Waals surface area contributed by atoms with E-state index in [9.17, 15) is 9.90 Å². The van der Waals surface area contributed by atoms with Gasteiger partial charge in [0.1, 0.15) is 0 Å². The zero-order valence-corrected chi connectivity index (χ0v) is 10.9. The summed E-state index contributed by atoms with van der Waals surface area (Å²) in [5.74, 6) is -1.37. The number of carbonyl (C=O) groups is 1. The van der Waals surface area contributed by atoms with Gasteiger partial charge in [-0.1, -0.05) is 30.3 Å². The number of rotatable bonds is 4. The van der Waals surface area contributed by atoms with E-state index in [-0.39, 0.29) is 0 Å². The van der Waals surface area contributed by atoms with Gasteiger partial charge in [-0.05, 0) is 5.56 Å². The van der Waals surface area contributed by atoms with E-state index in [1.54, 1.807) is 11.3 Å². The lowest BCUT2D eigenvalue weighted by atomic mass is 9.95. The third-order valence-corrected chi connectivity index (χ3v) is 3.83. The first kappa shape index (κ1) is 11.9. The van der Waals surface area contributed by atoms with Crippen molar-refractivity contribution < 1.29 is 9.90 Å². The second kappa shape index (κ2) is 4.85. The molecule has 4 nitrogen and oxygen atoms in total. The van der Waals surface area contributed by atoms with Gasteiger partial charge in [0.2, 0.25) is 0 Å². The van der Waals surface area contributed by atoms with Crippen LogP contribution in [0.1, 0.15) is 17.2 Å². The summed E-state index contributed by atoms with van der Waals surface area (Å²) in [6.45, 7) is 0. The van der Waals surface area contributed by atoms with Gasteiger partial charge in [0.05, 0.1) is 11.6 Å². The number of aromatic nitrogens is 2. The maximum Gasteiger partial charge on any atom is 0.311 e. The van der Waals surface area contributed by atoms with Gasteiger partial charge < -0.3 is 5.11 Å². The molecule has 0 aliphatic heterocycles. The summed E-state index contributed by atoms with van der Waals surface area (Å²) in [5, 5.41) is 11.3. The van der Waals surface area contributed by atoms with Crippen LogP contribution in [-0.4, -0.2) is 20.5 Å². The van der Waals surface area contributed by atoms with Gasteiger partial charge in [-0.15, -0.1) is 11.3 Å². The fourth-order valence-corrected chi connectivity index (χ4v) is 2.84. The van der Waals surface area contributed by atoms with Gasteiger partial charge in [-0.3, -0.25) is 9.20 Å². The Morgan fingerprint density at radius 3 is 2.84 bits per heavy atom. The zero-order valence-electron chi connectivity index (χ0n) is 10.1. The van der Waals surface area contributed by atoms with Gasteiger partial charge in [0.25, 0.3) is 0 Å². The molecule has 1 unspecified atom stereocenters. The molecule has 2 heterocycles. The summed E-state index contributed by atoms with van der Waals surface area (Å²) in [6.07, 6.45) is 4.23. The number of aliphatic carboxylic acids is 1. The minimum absolute atomic E-state index is 0.410. The fourth-order valence-electron chi connectivity index (χ4n) is 2.12. The Morgan fingerprint density at radius 2 is 2.16 bits per heavy atom. The molecule has 0 aliphatic carbocycles. The summed E-state index contributed by atoms with van der Waals surface area (Å²) < 4.78 is 1.92. The van der Waals surface area contributed by atoms with Crippen molar-refractivity contribution in [2.24, 2.45) is 0 Å². The van der Waals surface area contributed by atoms with Gasteiger partial charge in [0, 0.05) is 24.2 Å². The van der Waals surface area contributed by atoms with E-state index in [0.717, 1.165) is 16.2 Å². The number of hydrogen-bond donors (Lipinski definition) is 1. The number of nitrogens with zero attached hydrogens (tertiary/aromatic N) is 2. The number of thiazole rings is 1. The number of imidazole rings is 1. The topological polar surface area (TPSA) is 54.6 Å². The molecule has 3 aromatic rings. The molecule has 0 spiro atoms. The van der Waals surface area contributed by atoms with E-state index in [1.807, 2.05) is 52.5 Å². The van der Waals surface area contributed by atoms with Crippen molar-refractivity contribution >= 4 is 22.3 Å². The van der Waals surface area contributed by atoms with Crippen LogP contribution >= 0.6 is 11.3 Å². The first-order valence-corrected chi connectivity index (χ1v) is 6.81. The molecular formula is C14H12N2O2S. The highest BCUT2D eigenvalue weighted by atomic mass is 32.1. The van der Waals surface area contributed by atoms with Crippen molar-refractivity contribution in [1.29, 1.82) is 0 Å². The maximum atomic E-state index is 11.4. The van der Waals surface area contributed by atoms with Crippen LogP contribution in [0.4, 0.5) is 0 Å². The molecule has 0 amide bonds. The quantitative estimate of drug-likeness (QED) is 0.794. The zero-order chi connectivity index (χ0) is 13.2. The molecule has 0 fully saturated rings. The molecule has 96 valence electrons. The highest BCUT2D eigenvalue weighted by Crippen LogP contribution is 2.22. The first-order chi connectivity index (χ1) is 9.24. The fraction of sp³-hybridized carbons (Fsp3) is 0.143. The number of hydrogen-bond acceptors (Lipinski definition) is 3. The predicted molar refractivity (Wildman–Crippen MR) is 73.6 cm³/mol. The van der Waals surface area contributed by atoms with E-state index in [1.165, 1.54) is 0 Å². The summed E-state index contributed by atoms with van der Waals surface area (Å²) >= 11 is 1.54. The maximum absolute atomic E-state index is 11.4. The van der Waals surface area contributed by atoms with Crippen molar-refractivity contribution in [1.82, 2.24) is 9.38 Å². The van der Waals surface area contributed by atoms with E-state index in [2.05, 4.69) is 4.98 Å². The molecular weight excluding hydrogens is 260 g/mol. The van der Waals surface area contributed by atoms with Crippen LogP contribution in [0.15, 0.2) is 48.1 Å². The lowest BCUT2D eigenvalue weighted by Crippen LogP contribution is -2.14. The van der Waals surface area contributed by atoms with Crippen molar-refractivity contribution in [3.8, 4) is 0 Å². The van der Waals surface area contributed by atoms with E-state index < -0.39 is 11.9 Å². The molecule has 0 aliphatic rings. The Labute approximate surface area is 114 Å². The molecule has 1 aromatic carbocycles. The summed E-state index contributed by atoms with van der Waals surface area (Å²) in [4.78, 5) is 16.8. The largest absolute Gasteiger partial charge is 0.481 e. The Morgan fingerprint density at radius 1 is 1.37 bits per heavy atom. The highest BCUT2D eigenvalue weighted by Gasteiger charge is 2.21. The van der Waals surface area contributed by atoms with E-state index in [4.69, 9.17) is 0 Å². The van der Waals surface area contributed by atoms with Crippen LogP contribution in [0.2, 0.25) is 0 Å².